The third-order valence-electron chi connectivity index (χ3n) is 5.14. The van der Waals surface area contributed by atoms with Gasteiger partial charge in [0.15, 0.2) is 0 Å². The van der Waals surface area contributed by atoms with Crippen molar-refractivity contribution >= 4 is 17.5 Å². The zero-order valence-corrected chi connectivity index (χ0v) is 14.6. The van der Waals surface area contributed by atoms with Gasteiger partial charge in [0.1, 0.15) is 11.4 Å². The lowest BCUT2D eigenvalue weighted by atomic mass is 9.92. The summed E-state index contributed by atoms with van der Waals surface area (Å²) in [6.45, 7) is 1.17. The van der Waals surface area contributed by atoms with Gasteiger partial charge in [-0.15, -0.1) is 0 Å². The number of rotatable bonds is 2. The molecule has 0 unspecified atom stereocenters. The van der Waals surface area contributed by atoms with E-state index in [2.05, 4.69) is 10.6 Å². The zero-order chi connectivity index (χ0) is 18.1. The van der Waals surface area contributed by atoms with Gasteiger partial charge >= 0.3 is 0 Å². The summed E-state index contributed by atoms with van der Waals surface area (Å²) < 4.78 is 5.13. The van der Waals surface area contributed by atoms with Crippen molar-refractivity contribution in [3.8, 4) is 5.75 Å². The van der Waals surface area contributed by atoms with Crippen molar-refractivity contribution in [1.82, 2.24) is 10.2 Å². The molecule has 0 atom stereocenters. The lowest BCUT2D eigenvalue weighted by molar-refractivity contribution is 0.0639. The predicted molar refractivity (Wildman–Crippen MR) is 98.4 cm³/mol. The molecule has 4 rings (SSSR count). The first-order valence-electron chi connectivity index (χ1n) is 8.73. The van der Waals surface area contributed by atoms with Crippen molar-refractivity contribution in [2.75, 3.05) is 25.5 Å². The summed E-state index contributed by atoms with van der Waals surface area (Å²) in [5, 5.41) is 6.57. The van der Waals surface area contributed by atoms with E-state index in [4.69, 9.17) is 4.74 Å². The van der Waals surface area contributed by atoms with E-state index in [0.717, 1.165) is 11.4 Å². The van der Waals surface area contributed by atoms with Gasteiger partial charge in [0.2, 0.25) is 0 Å². The molecule has 1 saturated heterocycles. The van der Waals surface area contributed by atoms with Gasteiger partial charge in [-0.2, -0.15) is 0 Å². The second-order valence-corrected chi connectivity index (χ2v) is 6.73. The number of anilines is 1. The fraction of sp³-hybridized carbons (Fsp3) is 0.300. The number of piperidine rings is 1. The van der Waals surface area contributed by atoms with Crippen LogP contribution in [0.5, 0.6) is 5.75 Å². The van der Waals surface area contributed by atoms with Crippen LogP contribution >= 0.6 is 0 Å². The highest BCUT2D eigenvalue weighted by atomic mass is 16.5. The maximum atomic E-state index is 12.7. The second kappa shape index (κ2) is 6.37. The smallest absolute Gasteiger partial charge is 0.255 e. The number of carbonyl (C=O) groups is 2. The fourth-order valence-electron chi connectivity index (χ4n) is 3.62. The summed E-state index contributed by atoms with van der Waals surface area (Å²) in [7, 11) is 1.60. The highest BCUT2D eigenvalue weighted by Gasteiger charge is 2.40. The quantitative estimate of drug-likeness (QED) is 0.872. The molecule has 0 bridgehead atoms. The second-order valence-electron chi connectivity index (χ2n) is 6.73. The molecule has 26 heavy (non-hydrogen) atoms. The van der Waals surface area contributed by atoms with Crippen LogP contribution in [0.15, 0.2) is 48.5 Å². The fourth-order valence-corrected chi connectivity index (χ4v) is 3.62. The molecule has 2 aromatic carbocycles. The Morgan fingerprint density at radius 2 is 1.73 bits per heavy atom. The molecule has 2 aromatic rings. The Morgan fingerprint density at radius 1 is 1.04 bits per heavy atom. The molecule has 2 N–H and O–H groups in total. The largest absolute Gasteiger partial charge is 0.497 e. The van der Waals surface area contributed by atoms with Crippen molar-refractivity contribution < 1.29 is 14.3 Å². The molecule has 0 radical (unpaired) electrons. The van der Waals surface area contributed by atoms with Crippen LogP contribution < -0.4 is 15.4 Å². The number of para-hydroxylation sites is 1. The van der Waals surface area contributed by atoms with Gasteiger partial charge < -0.3 is 20.3 Å². The lowest BCUT2D eigenvalue weighted by Gasteiger charge is -2.45. The van der Waals surface area contributed by atoms with Crippen molar-refractivity contribution in [1.29, 1.82) is 0 Å². The van der Waals surface area contributed by atoms with Crippen LogP contribution in [-0.4, -0.2) is 42.6 Å². The third kappa shape index (κ3) is 2.87. The van der Waals surface area contributed by atoms with Crippen LogP contribution in [0.25, 0.3) is 0 Å². The normalized spacial score (nSPS) is 17.9. The van der Waals surface area contributed by atoms with Gasteiger partial charge in [-0.25, -0.2) is 0 Å². The van der Waals surface area contributed by atoms with E-state index in [-0.39, 0.29) is 11.8 Å². The van der Waals surface area contributed by atoms with Crippen LogP contribution in [0.1, 0.15) is 33.6 Å². The molecule has 134 valence electrons. The number of fused-ring (bicyclic) bond motifs is 1. The molecule has 0 aromatic heterocycles. The highest BCUT2D eigenvalue weighted by Crippen LogP contribution is 2.31. The molecule has 2 aliphatic rings. The topological polar surface area (TPSA) is 70.7 Å². The van der Waals surface area contributed by atoms with E-state index in [0.29, 0.717) is 37.1 Å². The van der Waals surface area contributed by atoms with E-state index in [1.54, 1.807) is 31.4 Å². The van der Waals surface area contributed by atoms with Crippen LogP contribution in [0.4, 0.5) is 5.69 Å². The molecule has 6 nitrogen and oxygen atoms in total. The van der Waals surface area contributed by atoms with E-state index < -0.39 is 5.66 Å². The molecule has 1 fully saturated rings. The maximum absolute atomic E-state index is 12.7. The van der Waals surface area contributed by atoms with Crippen molar-refractivity contribution in [3.05, 3.63) is 59.7 Å². The third-order valence-corrected chi connectivity index (χ3v) is 5.14. The first-order valence-corrected chi connectivity index (χ1v) is 8.73. The van der Waals surface area contributed by atoms with E-state index in [1.165, 1.54) is 0 Å². The standard InChI is InChI=1S/C20H21N3O3/c1-26-15-8-6-14(7-9-15)19(25)23-12-10-20(11-13-23)21-17-5-3-2-4-16(17)18(24)22-20/h2-9,21H,10-13H2,1H3,(H,22,24). The Balaban J connectivity index is 1.45. The number of amides is 2. The van der Waals surface area contributed by atoms with Crippen LogP contribution in [0, 0.1) is 0 Å². The van der Waals surface area contributed by atoms with Gasteiger partial charge in [-0.1, -0.05) is 12.1 Å². The minimum absolute atomic E-state index is 0.00467. The average Bonchev–Trinajstić information content (AvgIpc) is 2.68. The number of carbonyl (C=O) groups excluding carboxylic acids is 2. The number of hydrogen-bond acceptors (Lipinski definition) is 4. The summed E-state index contributed by atoms with van der Waals surface area (Å²) in [6.07, 6.45) is 1.32. The maximum Gasteiger partial charge on any atom is 0.255 e. The molecule has 0 saturated carbocycles. The number of methoxy groups -OCH3 is 1. The number of hydrogen-bond donors (Lipinski definition) is 2. The van der Waals surface area contributed by atoms with E-state index >= 15 is 0 Å². The molecule has 0 aliphatic carbocycles. The Labute approximate surface area is 152 Å². The molecule has 2 amide bonds. The number of likely N-dealkylation sites (tertiary alicyclic amines) is 1. The summed E-state index contributed by atoms with van der Waals surface area (Å²) in [5.41, 5.74) is 1.68. The Morgan fingerprint density at radius 3 is 2.42 bits per heavy atom. The van der Waals surface area contributed by atoms with Crippen LogP contribution in [-0.2, 0) is 0 Å². The summed E-state index contributed by atoms with van der Waals surface area (Å²) in [4.78, 5) is 27.0. The first-order chi connectivity index (χ1) is 12.6. The lowest BCUT2D eigenvalue weighted by Crippen LogP contribution is -2.62. The summed E-state index contributed by atoms with van der Waals surface area (Å²) >= 11 is 0. The monoisotopic (exact) mass is 351 g/mol. The Kier molecular flexibility index (Phi) is 4.03. The van der Waals surface area contributed by atoms with Crippen molar-refractivity contribution in [3.63, 3.8) is 0 Å². The van der Waals surface area contributed by atoms with Gasteiger partial charge in [0.25, 0.3) is 11.8 Å². The molecular formula is C20H21N3O3. The minimum Gasteiger partial charge on any atom is -0.497 e. The number of nitrogens with one attached hydrogen (secondary N) is 2. The molecule has 2 heterocycles. The van der Waals surface area contributed by atoms with Crippen molar-refractivity contribution in [2.24, 2.45) is 0 Å². The van der Waals surface area contributed by atoms with Gasteiger partial charge in [0.05, 0.1) is 12.7 Å². The Hall–Kier alpha value is -3.02. The number of nitrogens with zero attached hydrogens (tertiary/aromatic N) is 1. The number of benzene rings is 2. The van der Waals surface area contributed by atoms with Gasteiger partial charge in [0, 0.05) is 37.2 Å². The minimum atomic E-state index is -0.484. The molecular weight excluding hydrogens is 330 g/mol. The molecule has 1 spiro atoms. The number of ether oxygens (including phenoxy) is 1. The average molecular weight is 351 g/mol. The summed E-state index contributed by atoms with van der Waals surface area (Å²) in [6, 6.07) is 14.6. The van der Waals surface area contributed by atoms with Crippen molar-refractivity contribution in [2.45, 2.75) is 18.5 Å². The highest BCUT2D eigenvalue weighted by molar-refractivity contribution is 6.02. The van der Waals surface area contributed by atoms with Crippen LogP contribution in [0.3, 0.4) is 0 Å². The zero-order valence-electron chi connectivity index (χ0n) is 14.6. The SMILES string of the molecule is COc1ccc(C(=O)N2CCC3(CC2)NC(=O)c2ccccc2N3)cc1. The van der Waals surface area contributed by atoms with E-state index in [1.807, 2.05) is 29.2 Å². The first kappa shape index (κ1) is 16.4. The predicted octanol–water partition coefficient (Wildman–Crippen LogP) is 2.48. The summed E-state index contributed by atoms with van der Waals surface area (Å²) in [5.74, 6) is 0.672. The van der Waals surface area contributed by atoms with Crippen LogP contribution in [0.2, 0.25) is 0 Å². The molecule has 2 aliphatic heterocycles. The Bertz CT molecular complexity index is 840. The van der Waals surface area contributed by atoms with Gasteiger partial charge in [-0.3, -0.25) is 9.59 Å². The van der Waals surface area contributed by atoms with Gasteiger partial charge in [-0.05, 0) is 36.4 Å². The van der Waals surface area contributed by atoms with E-state index in [9.17, 15) is 9.59 Å². The molecule has 6 heteroatoms.